The highest BCUT2D eigenvalue weighted by molar-refractivity contribution is 6.35. The van der Waals surface area contributed by atoms with E-state index in [4.69, 9.17) is 32.7 Å². The number of hydrogen-bond donors (Lipinski definition) is 1. The Labute approximate surface area is 151 Å². The SMILES string of the molecule is CCOc1ccc(C(=O)NC(C)c2ccc(Cl)cc2Cl)cc1OC. The van der Waals surface area contributed by atoms with E-state index in [-0.39, 0.29) is 11.9 Å². The fraction of sp³-hybridized carbons (Fsp3) is 0.278. The van der Waals surface area contributed by atoms with Gasteiger partial charge in [-0.1, -0.05) is 29.3 Å². The van der Waals surface area contributed by atoms with Crippen LogP contribution in [0.15, 0.2) is 36.4 Å². The zero-order valence-electron chi connectivity index (χ0n) is 13.7. The van der Waals surface area contributed by atoms with E-state index < -0.39 is 0 Å². The highest BCUT2D eigenvalue weighted by atomic mass is 35.5. The third-order valence-electron chi connectivity index (χ3n) is 3.50. The van der Waals surface area contributed by atoms with Crippen molar-refractivity contribution < 1.29 is 14.3 Å². The van der Waals surface area contributed by atoms with E-state index in [1.165, 1.54) is 7.11 Å². The summed E-state index contributed by atoms with van der Waals surface area (Å²) in [5, 5.41) is 3.98. The average molecular weight is 368 g/mol. The molecule has 0 bridgehead atoms. The Morgan fingerprint density at radius 1 is 1.17 bits per heavy atom. The maximum Gasteiger partial charge on any atom is 0.251 e. The quantitative estimate of drug-likeness (QED) is 0.790. The molecule has 0 aliphatic heterocycles. The Kier molecular flexibility index (Phi) is 6.35. The van der Waals surface area contributed by atoms with Crippen LogP contribution in [0.25, 0.3) is 0 Å². The lowest BCUT2D eigenvalue weighted by Crippen LogP contribution is -2.26. The predicted octanol–water partition coefficient (Wildman–Crippen LogP) is 4.89. The number of ether oxygens (including phenoxy) is 2. The van der Waals surface area contributed by atoms with Crippen molar-refractivity contribution in [2.24, 2.45) is 0 Å². The minimum absolute atomic E-state index is 0.227. The normalized spacial score (nSPS) is 11.7. The van der Waals surface area contributed by atoms with Crippen LogP contribution in [0.3, 0.4) is 0 Å². The molecule has 2 aromatic rings. The van der Waals surface area contributed by atoms with Gasteiger partial charge in [-0.2, -0.15) is 0 Å². The third-order valence-corrected chi connectivity index (χ3v) is 4.06. The molecular weight excluding hydrogens is 349 g/mol. The molecule has 1 atom stereocenters. The van der Waals surface area contributed by atoms with Gasteiger partial charge in [-0.15, -0.1) is 0 Å². The molecule has 2 rings (SSSR count). The Hall–Kier alpha value is -1.91. The van der Waals surface area contributed by atoms with Gasteiger partial charge in [-0.25, -0.2) is 0 Å². The van der Waals surface area contributed by atoms with E-state index in [2.05, 4.69) is 5.32 Å². The van der Waals surface area contributed by atoms with Crippen molar-refractivity contribution in [2.45, 2.75) is 19.9 Å². The molecule has 1 unspecified atom stereocenters. The molecule has 0 saturated heterocycles. The van der Waals surface area contributed by atoms with E-state index in [1.807, 2.05) is 13.8 Å². The average Bonchev–Trinajstić information content (AvgIpc) is 2.55. The van der Waals surface area contributed by atoms with E-state index >= 15 is 0 Å². The van der Waals surface area contributed by atoms with E-state index in [9.17, 15) is 4.79 Å². The topological polar surface area (TPSA) is 47.6 Å². The van der Waals surface area contributed by atoms with Gasteiger partial charge in [-0.05, 0) is 49.7 Å². The lowest BCUT2D eigenvalue weighted by Gasteiger charge is -2.17. The molecule has 0 spiro atoms. The van der Waals surface area contributed by atoms with Crippen LogP contribution in [0.2, 0.25) is 10.0 Å². The molecule has 2 aromatic carbocycles. The first-order valence-corrected chi connectivity index (χ1v) is 8.28. The van der Waals surface area contributed by atoms with Crippen LogP contribution in [-0.4, -0.2) is 19.6 Å². The van der Waals surface area contributed by atoms with Gasteiger partial charge >= 0.3 is 0 Å². The molecule has 0 heterocycles. The van der Waals surface area contributed by atoms with Gasteiger partial charge in [-0.3, -0.25) is 4.79 Å². The van der Waals surface area contributed by atoms with Gasteiger partial charge < -0.3 is 14.8 Å². The number of benzene rings is 2. The largest absolute Gasteiger partial charge is 0.493 e. The van der Waals surface area contributed by atoms with Crippen LogP contribution >= 0.6 is 23.2 Å². The highest BCUT2D eigenvalue weighted by Crippen LogP contribution is 2.29. The standard InChI is InChI=1S/C18H19Cl2NO3/c1-4-24-16-8-5-12(9-17(16)23-3)18(22)21-11(2)14-7-6-13(19)10-15(14)20/h5-11H,4H2,1-3H3,(H,21,22). The fourth-order valence-corrected chi connectivity index (χ4v) is 2.87. The van der Waals surface area contributed by atoms with Crippen LogP contribution in [0.5, 0.6) is 11.5 Å². The molecule has 6 heteroatoms. The molecule has 1 amide bonds. The van der Waals surface area contributed by atoms with Crippen molar-refractivity contribution in [2.75, 3.05) is 13.7 Å². The zero-order chi connectivity index (χ0) is 17.7. The summed E-state index contributed by atoms with van der Waals surface area (Å²) in [5.41, 5.74) is 1.28. The molecule has 24 heavy (non-hydrogen) atoms. The van der Waals surface area contributed by atoms with Gasteiger partial charge in [0.2, 0.25) is 0 Å². The van der Waals surface area contributed by atoms with E-state index in [1.54, 1.807) is 36.4 Å². The summed E-state index contributed by atoms with van der Waals surface area (Å²) in [5.74, 6) is 0.891. The van der Waals surface area contributed by atoms with Crippen molar-refractivity contribution in [1.82, 2.24) is 5.32 Å². The molecule has 0 fully saturated rings. The number of hydrogen-bond acceptors (Lipinski definition) is 3. The molecule has 128 valence electrons. The number of carbonyl (C=O) groups excluding carboxylic acids is 1. The first kappa shape index (κ1) is 18.4. The van der Waals surface area contributed by atoms with Gasteiger partial charge in [0.05, 0.1) is 19.8 Å². The van der Waals surface area contributed by atoms with Crippen molar-refractivity contribution in [3.05, 3.63) is 57.6 Å². The van der Waals surface area contributed by atoms with Crippen LogP contribution in [0.1, 0.15) is 35.8 Å². The van der Waals surface area contributed by atoms with E-state index in [0.29, 0.717) is 33.7 Å². The molecule has 0 saturated carbocycles. The Morgan fingerprint density at radius 2 is 1.92 bits per heavy atom. The van der Waals surface area contributed by atoms with Crippen molar-refractivity contribution in [1.29, 1.82) is 0 Å². The number of nitrogens with one attached hydrogen (secondary N) is 1. The van der Waals surface area contributed by atoms with E-state index in [0.717, 1.165) is 5.56 Å². The molecule has 0 aromatic heterocycles. The predicted molar refractivity (Wildman–Crippen MR) is 96.5 cm³/mol. The number of carbonyl (C=O) groups is 1. The summed E-state index contributed by atoms with van der Waals surface area (Å²) in [6.07, 6.45) is 0. The monoisotopic (exact) mass is 367 g/mol. The number of halogens is 2. The second-order valence-electron chi connectivity index (χ2n) is 5.16. The molecule has 0 radical (unpaired) electrons. The first-order chi connectivity index (χ1) is 11.5. The summed E-state index contributed by atoms with van der Waals surface area (Å²) in [4.78, 5) is 12.5. The molecule has 4 nitrogen and oxygen atoms in total. The minimum Gasteiger partial charge on any atom is -0.493 e. The summed E-state index contributed by atoms with van der Waals surface area (Å²) in [6.45, 7) is 4.27. The molecule has 0 aliphatic carbocycles. The second-order valence-corrected chi connectivity index (χ2v) is 6.00. The van der Waals surface area contributed by atoms with Gasteiger partial charge in [0.25, 0.3) is 5.91 Å². The summed E-state index contributed by atoms with van der Waals surface area (Å²) < 4.78 is 10.7. The molecule has 0 aliphatic rings. The number of rotatable bonds is 6. The Bertz CT molecular complexity index is 734. The lowest BCUT2D eigenvalue weighted by atomic mass is 10.1. The summed E-state index contributed by atoms with van der Waals surface area (Å²) in [6, 6.07) is 9.99. The van der Waals surface area contributed by atoms with Crippen molar-refractivity contribution in [3.8, 4) is 11.5 Å². The van der Waals surface area contributed by atoms with Crippen LogP contribution in [0.4, 0.5) is 0 Å². The van der Waals surface area contributed by atoms with Gasteiger partial charge in [0.15, 0.2) is 11.5 Å². The fourth-order valence-electron chi connectivity index (χ4n) is 2.29. The molecular formula is C18H19Cl2NO3. The zero-order valence-corrected chi connectivity index (χ0v) is 15.2. The molecule has 1 N–H and O–H groups in total. The van der Waals surface area contributed by atoms with Gasteiger partial charge in [0.1, 0.15) is 0 Å². The highest BCUT2D eigenvalue weighted by Gasteiger charge is 2.16. The lowest BCUT2D eigenvalue weighted by molar-refractivity contribution is 0.0939. The maximum absolute atomic E-state index is 12.5. The van der Waals surface area contributed by atoms with Crippen LogP contribution in [0, 0.1) is 0 Å². The number of methoxy groups -OCH3 is 1. The summed E-state index contributed by atoms with van der Waals surface area (Å²) in [7, 11) is 1.54. The third kappa shape index (κ3) is 4.34. The van der Waals surface area contributed by atoms with Gasteiger partial charge in [0, 0.05) is 15.6 Å². The first-order valence-electron chi connectivity index (χ1n) is 7.53. The minimum atomic E-state index is -0.264. The van der Waals surface area contributed by atoms with Crippen LogP contribution < -0.4 is 14.8 Å². The van der Waals surface area contributed by atoms with Crippen molar-refractivity contribution >= 4 is 29.1 Å². The summed E-state index contributed by atoms with van der Waals surface area (Å²) >= 11 is 12.1. The Balaban J connectivity index is 2.17. The second kappa shape index (κ2) is 8.27. The van der Waals surface area contributed by atoms with Crippen molar-refractivity contribution in [3.63, 3.8) is 0 Å². The Morgan fingerprint density at radius 3 is 2.54 bits per heavy atom. The number of amides is 1. The maximum atomic E-state index is 12.5. The van der Waals surface area contributed by atoms with Crippen LogP contribution in [-0.2, 0) is 0 Å². The smallest absolute Gasteiger partial charge is 0.251 e.